The fourth-order valence-electron chi connectivity index (χ4n) is 5.91. The molecular weight excluding hydrogens is 825 g/mol. The van der Waals surface area contributed by atoms with Gasteiger partial charge in [-0.2, -0.15) is 0 Å². The van der Waals surface area contributed by atoms with Gasteiger partial charge in [0.1, 0.15) is 36.9 Å². The summed E-state index contributed by atoms with van der Waals surface area (Å²) in [6.07, 6.45) is -19.9. The number of rotatable bonds is 17. The van der Waals surface area contributed by atoms with Crippen LogP contribution >= 0.6 is 7.82 Å². The summed E-state index contributed by atoms with van der Waals surface area (Å²) in [7, 11) is -5.01. The van der Waals surface area contributed by atoms with E-state index in [1.807, 2.05) is 0 Å². The molecule has 4 rings (SSSR count). The van der Waals surface area contributed by atoms with Crippen LogP contribution in [0, 0.1) is 0 Å². The van der Waals surface area contributed by atoms with Crippen LogP contribution in [-0.2, 0) is 85.2 Å². The number of esters is 6. The number of primary amides is 1. The van der Waals surface area contributed by atoms with E-state index in [0.29, 0.717) is 0 Å². The van der Waals surface area contributed by atoms with Crippen LogP contribution in [0.4, 0.5) is 4.79 Å². The number of phosphoric ester groups is 1. The van der Waals surface area contributed by atoms with Gasteiger partial charge in [0.15, 0.2) is 42.9 Å². The minimum atomic E-state index is -5.01. The fourth-order valence-corrected chi connectivity index (χ4v) is 7.21. The Kier molecular flexibility index (Phi) is 16.8. The number of nitrogens with two attached hydrogens (primary N) is 1. The van der Waals surface area contributed by atoms with Crippen molar-refractivity contribution in [2.24, 2.45) is 5.73 Å². The Morgan fingerprint density at radius 3 is 1.28 bits per heavy atom. The van der Waals surface area contributed by atoms with E-state index in [-0.39, 0.29) is 11.5 Å². The van der Waals surface area contributed by atoms with Gasteiger partial charge < -0.3 is 62.1 Å². The molecule has 0 aromatic heterocycles. The first-order valence-electron chi connectivity index (χ1n) is 18.0. The summed E-state index contributed by atoms with van der Waals surface area (Å²) >= 11 is 0. The number of carbonyl (C=O) groups is 7. The zero-order valence-corrected chi connectivity index (χ0v) is 34.0. The summed E-state index contributed by atoms with van der Waals surface area (Å²) in [6.45, 7) is 4.70. The second kappa shape index (κ2) is 21.5. The number of hydrogen-bond donors (Lipinski definition) is 1. The Labute approximate surface area is 342 Å². The van der Waals surface area contributed by atoms with E-state index in [1.54, 1.807) is 36.4 Å². The van der Waals surface area contributed by atoms with Crippen LogP contribution in [0.1, 0.15) is 41.5 Å². The molecule has 0 bridgehead atoms. The minimum Gasteiger partial charge on any atom is -0.463 e. The van der Waals surface area contributed by atoms with Crippen molar-refractivity contribution in [3.05, 3.63) is 60.7 Å². The summed E-state index contributed by atoms with van der Waals surface area (Å²) in [5.74, 6) is -5.61. The smallest absolute Gasteiger partial charge is 0.463 e. The molecule has 0 aliphatic carbocycles. The van der Waals surface area contributed by atoms with Crippen molar-refractivity contribution in [3.8, 4) is 11.5 Å². The molecule has 2 aromatic carbocycles. The van der Waals surface area contributed by atoms with Gasteiger partial charge in [-0.1, -0.05) is 36.4 Å². The molecule has 0 radical (unpaired) electrons. The van der Waals surface area contributed by atoms with Crippen molar-refractivity contribution < 1.29 is 99.1 Å². The first kappa shape index (κ1) is 46.9. The van der Waals surface area contributed by atoms with E-state index in [1.165, 1.54) is 24.3 Å². The molecule has 2 saturated heterocycles. The zero-order valence-electron chi connectivity index (χ0n) is 33.1. The maximum absolute atomic E-state index is 14.8. The first-order valence-corrected chi connectivity index (χ1v) is 19.5. The Hall–Kier alpha value is -5.80. The van der Waals surface area contributed by atoms with E-state index in [4.69, 9.17) is 66.7 Å². The third-order valence-electron chi connectivity index (χ3n) is 7.99. The van der Waals surface area contributed by atoms with E-state index in [2.05, 4.69) is 0 Å². The summed E-state index contributed by atoms with van der Waals surface area (Å²) < 4.78 is 88.5. The highest BCUT2D eigenvalue weighted by molar-refractivity contribution is 7.49. The SMILES string of the molecule is CC(=O)OC[C@H]1O[C@@H](OP(=O)(Oc2ccccc2)Oc2ccccc2)[C@H](O[C@@H]2O[C@H](COC(C)=O)[C@@H](OC(C)=O)[C@H](OC(C)=O)[C@@H]2OC(N)=O)[C@H](OC(C)=O)[C@H]1OC(C)=O. The van der Waals surface area contributed by atoms with Gasteiger partial charge in [-0.3, -0.25) is 28.8 Å². The Morgan fingerprint density at radius 2 is 0.900 bits per heavy atom. The van der Waals surface area contributed by atoms with E-state index >= 15 is 0 Å². The normalized spacial score (nSPS) is 26.2. The summed E-state index contributed by atoms with van der Waals surface area (Å²) in [4.78, 5) is 86.4. The van der Waals surface area contributed by atoms with Crippen molar-refractivity contribution in [2.75, 3.05) is 13.2 Å². The molecule has 60 heavy (non-hydrogen) atoms. The Balaban J connectivity index is 1.92. The summed E-state index contributed by atoms with van der Waals surface area (Å²) in [6, 6.07) is 15.2. The van der Waals surface area contributed by atoms with Gasteiger partial charge in [-0.05, 0) is 24.3 Å². The highest BCUT2D eigenvalue weighted by atomic mass is 31.2. The number of benzene rings is 2. The van der Waals surface area contributed by atoms with Crippen LogP contribution in [0.25, 0.3) is 0 Å². The molecule has 2 aliphatic heterocycles. The third-order valence-corrected chi connectivity index (χ3v) is 9.32. The largest absolute Gasteiger partial charge is 0.590 e. The molecule has 2 heterocycles. The zero-order chi connectivity index (χ0) is 44.1. The molecule has 328 valence electrons. The molecular formula is C37H44NO21P. The van der Waals surface area contributed by atoms with Crippen LogP contribution in [0.2, 0.25) is 0 Å². The molecule has 2 aromatic rings. The van der Waals surface area contributed by atoms with Crippen molar-refractivity contribution in [1.82, 2.24) is 0 Å². The van der Waals surface area contributed by atoms with Gasteiger partial charge >= 0.3 is 49.7 Å². The highest BCUT2D eigenvalue weighted by Crippen LogP contribution is 2.52. The van der Waals surface area contributed by atoms with Gasteiger partial charge in [0.05, 0.1) is 0 Å². The Morgan fingerprint density at radius 1 is 0.517 bits per heavy atom. The molecule has 0 unspecified atom stereocenters. The predicted molar refractivity (Wildman–Crippen MR) is 195 cm³/mol. The molecule has 2 N–H and O–H groups in total. The number of carbonyl (C=O) groups excluding carboxylic acids is 7. The standard InChI is InChI=1S/C37H44NO21P/c1-19(39)47-17-27-29(49-21(3)41)31(51-23(5)43)33(56-37(38)45)35(53-27)55-34-32(52-24(6)44)30(50-22(4)42)28(18-48-20(2)40)54-36(34)59-60(46,57-25-13-9-7-10-14-25)58-26-15-11-8-12-16-26/h7-16,27-36H,17-18H2,1-6H3,(H2,38,45)/t27-,28-,29-,30+,31+,32-,33+,34-,35+,36+/m1/s1. The molecule has 23 heteroatoms. The quantitative estimate of drug-likeness (QED) is 0.136. The Bertz CT molecular complexity index is 1830. The summed E-state index contributed by atoms with van der Waals surface area (Å²) in [5, 5.41) is 0. The molecule has 0 spiro atoms. The average molecular weight is 870 g/mol. The lowest BCUT2D eigenvalue weighted by atomic mass is 9.96. The lowest BCUT2D eigenvalue weighted by Gasteiger charge is -2.48. The van der Waals surface area contributed by atoms with Crippen LogP contribution in [-0.4, -0.2) is 117 Å². The van der Waals surface area contributed by atoms with Crippen LogP contribution in [0.3, 0.4) is 0 Å². The van der Waals surface area contributed by atoms with Crippen molar-refractivity contribution in [2.45, 2.75) is 103 Å². The highest BCUT2D eigenvalue weighted by Gasteiger charge is 2.59. The van der Waals surface area contributed by atoms with E-state index in [0.717, 1.165) is 41.5 Å². The van der Waals surface area contributed by atoms with Crippen molar-refractivity contribution in [1.29, 1.82) is 0 Å². The van der Waals surface area contributed by atoms with Crippen LogP contribution < -0.4 is 14.8 Å². The number of phosphoric acid groups is 1. The van der Waals surface area contributed by atoms with E-state index < -0.39 is 124 Å². The molecule has 22 nitrogen and oxygen atoms in total. The summed E-state index contributed by atoms with van der Waals surface area (Å²) in [5.41, 5.74) is 5.42. The molecule has 2 fully saturated rings. The second-order valence-electron chi connectivity index (χ2n) is 12.9. The van der Waals surface area contributed by atoms with Gasteiger partial charge in [0.2, 0.25) is 6.29 Å². The lowest BCUT2D eigenvalue weighted by Crippen LogP contribution is -2.67. The molecule has 1 amide bonds. The topological polar surface area (TPSA) is 283 Å². The van der Waals surface area contributed by atoms with Crippen LogP contribution in [0.5, 0.6) is 11.5 Å². The maximum atomic E-state index is 14.8. The molecule has 10 atom stereocenters. The lowest BCUT2D eigenvalue weighted by molar-refractivity contribution is -0.359. The van der Waals surface area contributed by atoms with Gasteiger partial charge in [0, 0.05) is 41.5 Å². The third kappa shape index (κ3) is 13.9. The number of ether oxygens (including phenoxy) is 10. The number of amides is 1. The predicted octanol–water partition coefficient (Wildman–Crippen LogP) is 2.42. The average Bonchev–Trinajstić information content (AvgIpc) is 3.14. The maximum Gasteiger partial charge on any atom is 0.590 e. The van der Waals surface area contributed by atoms with Crippen molar-refractivity contribution in [3.63, 3.8) is 0 Å². The van der Waals surface area contributed by atoms with Gasteiger partial charge in [0.25, 0.3) is 0 Å². The second-order valence-corrected chi connectivity index (χ2v) is 14.3. The van der Waals surface area contributed by atoms with Gasteiger partial charge in [-0.15, -0.1) is 0 Å². The fraction of sp³-hybridized carbons (Fsp3) is 0.486. The van der Waals surface area contributed by atoms with Crippen LogP contribution in [0.15, 0.2) is 60.7 Å². The number of hydrogen-bond acceptors (Lipinski definition) is 21. The molecule has 0 saturated carbocycles. The molecule has 2 aliphatic rings. The van der Waals surface area contributed by atoms with Crippen molar-refractivity contribution >= 4 is 49.7 Å². The first-order chi connectivity index (χ1) is 28.3. The number of para-hydroxylation sites is 2. The minimum absolute atomic E-state index is 0.0320. The monoisotopic (exact) mass is 869 g/mol. The van der Waals surface area contributed by atoms with Gasteiger partial charge in [-0.25, -0.2) is 13.9 Å². The van der Waals surface area contributed by atoms with E-state index in [9.17, 15) is 38.1 Å².